The summed E-state index contributed by atoms with van der Waals surface area (Å²) in [6.45, 7) is 2.11. The van der Waals surface area contributed by atoms with Crippen LogP contribution in [-0.2, 0) is 0 Å². The van der Waals surface area contributed by atoms with Gasteiger partial charge in [-0.3, -0.25) is 0 Å². The third kappa shape index (κ3) is 3.01. The van der Waals surface area contributed by atoms with Gasteiger partial charge in [0.25, 0.3) is 0 Å². The second-order valence-corrected chi connectivity index (χ2v) is 6.78. The number of hydrogen-bond acceptors (Lipinski definition) is 3. The molecule has 106 valence electrons. The van der Waals surface area contributed by atoms with Crippen molar-refractivity contribution in [3.8, 4) is 27.6 Å². The highest BCUT2D eigenvalue weighted by atomic mass is 79.9. The second kappa shape index (κ2) is 6.00. The number of halogens is 1. The molecule has 0 radical (unpaired) electrons. The highest BCUT2D eigenvalue weighted by Gasteiger charge is 2.11. The van der Waals surface area contributed by atoms with Gasteiger partial charge in [-0.25, -0.2) is 4.98 Å². The van der Waals surface area contributed by atoms with Crippen molar-refractivity contribution in [2.75, 3.05) is 7.11 Å². The van der Waals surface area contributed by atoms with Crippen molar-refractivity contribution in [2.24, 2.45) is 0 Å². The predicted molar refractivity (Wildman–Crippen MR) is 92.0 cm³/mol. The fourth-order valence-corrected chi connectivity index (χ4v) is 3.33. The van der Waals surface area contributed by atoms with E-state index in [2.05, 4.69) is 35.0 Å². The van der Waals surface area contributed by atoms with Crippen molar-refractivity contribution in [3.05, 3.63) is 57.9 Å². The number of rotatable bonds is 3. The zero-order valence-electron chi connectivity index (χ0n) is 11.8. The molecule has 0 aliphatic carbocycles. The number of thiazole rings is 1. The summed E-state index contributed by atoms with van der Waals surface area (Å²) < 4.78 is 6.27. The highest BCUT2D eigenvalue weighted by molar-refractivity contribution is 9.10. The van der Waals surface area contributed by atoms with E-state index in [9.17, 15) is 0 Å². The molecule has 0 fully saturated rings. The SMILES string of the molecule is COc1ccc(-c2nc(-c3ccc(Br)cc3)c(C)s2)cc1. The van der Waals surface area contributed by atoms with Crippen LogP contribution in [0.4, 0.5) is 0 Å². The lowest BCUT2D eigenvalue weighted by atomic mass is 10.1. The summed E-state index contributed by atoms with van der Waals surface area (Å²) in [5.74, 6) is 0.861. The smallest absolute Gasteiger partial charge is 0.124 e. The summed E-state index contributed by atoms with van der Waals surface area (Å²) in [4.78, 5) is 6.02. The summed E-state index contributed by atoms with van der Waals surface area (Å²) in [5.41, 5.74) is 3.32. The van der Waals surface area contributed by atoms with Gasteiger partial charge in [0.2, 0.25) is 0 Å². The predicted octanol–water partition coefficient (Wildman–Crippen LogP) is 5.56. The van der Waals surface area contributed by atoms with Gasteiger partial charge in [0, 0.05) is 20.5 Å². The minimum atomic E-state index is 0.861. The van der Waals surface area contributed by atoms with Gasteiger partial charge in [-0.15, -0.1) is 11.3 Å². The van der Waals surface area contributed by atoms with E-state index in [0.29, 0.717) is 0 Å². The van der Waals surface area contributed by atoms with Crippen LogP contribution in [0.5, 0.6) is 5.75 Å². The molecule has 3 aromatic rings. The lowest BCUT2D eigenvalue weighted by Crippen LogP contribution is -1.83. The molecule has 0 spiro atoms. The van der Waals surface area contributed by atoms with Crippen LogP contribution in [-0.4, -0.2) is 12.1 Å². The summed E-state index contributed by atoms with van der Waals surface area (Å²) in [5, 5.41) is 1.04. The van der Waals surface area contributed by atoms with Crippen LogP contribution >= 0.6 is 27.3 Å². The molecule has 0 aliphatic rings. The van der Waals surface area contributed by atoms with Crippen molar-refractivity contribution in [2.45, 2.75) is 6.92 Å². The Hall–Kier alpha value is -1.65. The van der Waals surface area contributed by atoms with Gasteiger partial charge in [0.1, 0.15) is 10.8 Å². The maximum absolute atomic E-state index is 5.19. The van der Waals surface area contributed by atoms with Crippen LogP contribution in [0, 0.1) is 6.92 Å². The molecule has 3 rings (SSSR count). The Morgan fingerprint density at radius 2 is 1.57 bits per heavy atom. The van der Waals surface area contributed by atoms with Crippen LogP contribution in [0.3, 0.4) is 0 Å². The third-order valence-corrected chi connectivity index (χ3v) is 4.80. The molecule has 0 unspecified atom stereocenters. The first-order chi connectivity index (χ1) is 10.2. The van der Waals surface area contributed by atoms with Gasteiger partial charge in [0.05, 0.1) is 12.8 Å². The molecule has 4 heteroatoms. The molecule has 0 saturated heterocycles. The number of methoxy groups -OCH3 is 1. The van der Waals surface area contributed by atoms with Gasteiger partial charge < -0.3 is 4.74 Å². The van der Waals surface area contributed by atoms with Gasteiger partial charge in [-0.2, -0.15) is 0 Å². The zero-order valence-corrected chi connectivity index (χ0v) is 14.2. The highest BCUT2D eigenvalue weighted by Crippen LogP contribution is 2.34. The summed E-state index contributed by atoms with van der Waals surface area (Å²) in [6, 6.07) is 16.3. The number of nitrogens with zero attached hydrogens (tertiary/aromatic N) is 1. The summed E-state index contributed by atoms with van der Waals surface area (Å²) in [7, 11) is 1.67. The third-order valence-electron chi connectivity index (χ3n) is 3.25. The molecule has 21 heavy (non-hydrogen) atoms. The van der Waals surface area contributed by atoms with Crippen molar-refractivity contribution >= 4 is 27.3 Å². The fraction of sp³-hybridized carbons (Fsp3) is 0.118. The lowest BCUT2D eigenvalue weighted by molar-refractivity contribution is 0.415. The number of hydrogen-bond donors (Lipinski definition) is 0. The molecular formula is C17H14BrNOS. The van der Waals surface area contributed by atoms with Crippen LogP contribution in [0.2, 0.25) is 0 Å². The first kappa shape index (κ1) is 14.3. The maximum Gasteiger partial charge on any atom is 0.124 e. The van der Waals surface area contributed by atoms with E-state index >= 15 is 0 Å². The van der Waals surface area contributed by atoms with Crippen molar-refractivity contribution < 1.29 is 4.74 Å². The molecule has 0 N–H and O–H groups in total. The lowest BCUT2D eigenvalue weighted by Gasteiger charge is -2.00. The molecule has 0 aliphatic heterocycles. The van der Waals surface area contributed by atoms with E-state index in [1.165, 1.54) is 4.88 Å². The molecule has 0 bridgehead atoms. The Morgan fingerprint density at radius 1 is 0.952 bits per heavy atom. The van der Waals surface area contributed by atoms with E-state index in [1.807, 2.05) is 36.4 Å². The van der Waals surface area contributed by atoms with E-state index in [0.717, 1.165) is 32.1 Å². The fourth-order valence-electron chi connectivity index (χ4n) is 2.13. The normalized spacial score (nSPS) is 10.6. The molecule has 0 atom stereocenters. The Kier molecular flexibility index (Phi) is 4.08. The average molecular weight is 360 g/mol. The number of aryl methyl sites for hydroxylation is 1. The molecule has 0 amide bonds. The Balaban J connectivity index is 1.98. The minimum Gasteiger partial charge on any atom is -0.497 e. The van der Waals surface area contributed by atoms with E-state index in [4.69, 9.17) is 9.72 Å². The number of aromatic nitrogens is 1. The van der Waals surface area contributed by atoms with E-state index < -0.39 is 0 Å². The van der Waals surface area contributed by atoms with Crippen molar-refractivity contribution in [1.82, 2.24) is 4.98 Å². The van der Waals surface area contributed by atoms with Gasteiger partial charge in [-0.1, -0.05) is 28.1 Å². The van der Waals surface area contributed by atoms with Crippen molar-refractivity contribution in [3.63, 3.8) is 0 Å². The molecule has 1 heterocycles. The number of benzene rings is 2. The van der Waals surface area contributed by atoms with Gasteiger partial charge in [0.15, 0.2) is 0 Å². The minimum absolute atomic E-state index is 0.861. The largest absolute Gasteiger partial charge is 0.497 e. The Bertz CT molecular complexity index is 747. The van der Waals surface area contributed by atoms with Crippen molar-refractivity contribution in [1.29, 1.82) is 0 Å². The summed E-state index contributed by atoms with van der Waals surface area (Å²) in [6.07, 6.45) is 0. The molecule has 2 aromatic carbocycles. The standard InChI is InChI=1S/C17H14BrNOS/c1-11-16(12-3-7-14(18)8-4-12)19-17(21-11)13-5-9-15(20-2)10-6-13/h3-10H,1-2H3. The maximum atomic E-state index is 5.19. The van der Waals surface area contributed by atoms with Gasteiger partial charge >= 0.3 is 0 Å². The quantitative estimate of drug-likeness (QED) is 0.610. The second-order valence-electron chi connectivity index (χ2n) is 4.66. The Labute approximate surface area is 136 Å². The molecular weight excluding hydrogens is 346 g/mol. The topological polar surface area (TPSA) is 22.1 Å². The monoisotopic (exact) mass is 359 g/mol. The molecule has 2 nitrogen and oxygen atoms in total. The molecule has 0 saturated carbocycles. The average Bonchev–Trinajstić information content (AvgIpc) is 2.90. The number of ether oxygens (including phenoxy) is 1. The first-order valence-electron chi connectivity index (χ1n) is 6.55. The van der Waals surface area contributed by atoms with E-state index in [-0.39, 0.29) is 0 Å². The zero-order chi connectivity index (χ0) is 14.8. The van der Waals surface area contributed by atoms with Crippen LogP contribution < -0.4 is 4.74 Å². The van der Waals surface area contributed by atoms with Crippen LogP contribution in [0.15, 0.2) is 53.0 Å². The molecule has 1 aromatic heterocycles. The van der Waals surface area contributed by atoms with Gasteiger partial charge in [-0.05, 0) is 43.3 Å². The van der Waals surface area contributed by atoms with Crippen LogP contribution in [0.25, 0.3) is 21.8 Å². The first-order valence-corrected chi connectivity index (χ1v) is 8.16. The van der Waals surface area contributed by atoms with Crippen LogP contribution in [0.1, 0.15) is 4.88 Å². The summed E-state index contributed by atoms with van der Waals surface area (Å²) >= 11 is 5.18. The van der Waals surface area contributed by atoms with E-state index in [1.54, 1.807) is 18.4 Å². The Morgan fingerprint density at radius 3 is 2.19 bits per heavy atom.